The Morgan fingerprint density at radius 3 is 2.54 bits per heavy atom. The molecule has 1 aromatic heterocycles. The molecule has 9 heteroatoms. The zero-order chi connectivity index (χ0) is 17.6. The van der Waals surface area contributed by atoms with Crippen molar-refractivity contribution in [1.29, 1.82) is 0 Å². The van der Waals surface area contributed by atoms with E-state index in [1.165, 1.54) is 42.7 Å². The molecule has 0 bridgehead atoms. The van der Waals surface area contributed by atoms with Gasteiger partial charge in [-0.3, -0.25) is 10.1 Å². The number of amides is 1. The molecule has 1 aromatic carbocycles. The van der Waals surface area contributed by atoms with Gasteiger partial charge in [-0.1, -0.05) is 6.08 Å². The van der Waals surface area contributed by atoms with Crippen LogP contribution >= 0.6 is 12.2 Å². The van der Waals surface area contributed by atoms with Crippen molar-refractivity contribution in [3.05, 3.63) is 61.1 Å². The minimum absolute atomic E-state index is 0.0665. The van der Waals surface area contributed by atoms with Crippen molar-refractivity contribution >= 4 is 38.9 Å². The first-order valence-electron chi connectivity index (χ1n) is 6.79. The molecule has 24 heavy (non-hydrogen) atoms. The minimum atomic E-state index is -3.58. The predicted molar refractivity (Wildman–Crippen MR) is 94.2 cm³/mol. The van der Waals surface area contributed by atoms with Crippen molar-refractivity contribution in [1.82, 2.24) is 10.0 Å². The van der Waals surface area contributed by atoms with Crippen molar-refractivity contribution in [2.75, 3.05) is 11.9 Å². The Hall–Kier alpha value is -2.49. The highest BCUT2D eigenvalue weighted by molar-refractivity contribution is 7.89. The quantitative estimate of drug-likeness (QED) is 0.534. The van der Waals surface area contributed by atoms with Gasteiger partial charge in [0.15, 0.2) is 10.9 Å². The van der Waals surface area contributed by atoms with E-state index in [0.29, 0.717) is 5.69 Å². The number of thiocarbonyl (C=S) groups is 1. The first-order chi connectivity index (χ1) is 11.4. The highest BCUT2D eigenvalue weighted by atomic mass is 32.2. The van der Waals surface area contributed by atoms with E-state index in [-0.39, 0.29) is 22.3 Å². The molecule has 0 atom stereocenters. The third-order valence-electron chi connectivity index (χ3n) is 2.81. The van der Waals surface area contributed by atoms with Crippen molar-refractivity contribution in [3.8, 4) is 0 Å². The molecular weight excluding hydrogens is 350 g/mol. The highest BCUT2D eigenvalue weighted by Gasteiger charge is 2.13. The molecule has 0 fully saturated rings. The molecule has 2 aromatic rings. The fraction of sp³-hybridized carbons (Fsp3) is 0.0667. The summed E-state index contributed by atoms with van der Waals surface area (Å²) in [5.74, 6) is -0.348. The van der Waals surface area contributed by atoms with Gasteiger partial charge in [-0.05, 0) is 48.6 Å². The van der Waals surface area contributed by atoms with Crippen molar-refractivity contribution in [2.24, 2.45) is 0 Å². The predicted octanol–water partition coefficient (Wildman–Crippen LogP) is 1.87. The first kappa shape index (κ1) is 17.9. The Balaban J connectivity index is 1.97. The fourth-order valence-electron chi connectivity index (χ4n) is 1.70. The molecule has 2 rings (SSSR count). The monoisotopic (exact) mass is 365 g/mol. The summed E-state index contributed by atoms with van der Waals surface area (Å²) < 4.78 is 31.2. The maximum absolute atomic E-state index is 11.9. The van der Waals surface area contributed by atoms with Crippen LogP contribution in [0.4, 0.5) is 5.69 Å². The van der Waals surface area contributed by atoms with E-state index in [1.54, 1.807) is 6.07 Å². The third-order valence-corrected chi connectivity index (χ3v) is 4.46. The fourth-order valence-corrected chi connectivity index (χ4v) is 2.91. The van der Waals surface area contributed by atoms with Gasteiger partial charge in [0.2, 0.25) is 10.0 Å². The Bertz CT molecular complexity index is 828. The number of sulfonamides is 1. The van der Waals surface area contributed by atoms with Crippen molar-refractivity contribution in [2.45, 2.75) is 4.90 Å². The van der Waals surface area contributed by atoms with Crippen LogP contribution in [0, 0.1) is 0 Å². The van der Waals surface area contributed by atoms with Gasteiger partial charge < -0.3 is 9.73 Å². The zero-order valence-electron chi connectivity index (χ0n) is 12.5. The number of carbonyl (C=O) groups excluding carboxylic acids is 1. The van der Waals surface area contributed by atoms with Crippen LogP contribution in [0.2, 0.25) is 0 Å². The van der Waals surface area contributed by atoms with E-state index in [4.69, 9.17) is 16.6 Å². The van der Waals surface area contributed by atoms with Gasteiger partial charge in [-0.15, -0.1) is 6.58 Å². The summed E-state index contributed by atoms with van der Waals surface area (Å²) in [6, 6.07) is 9.01. The van der Waals surface area contributed by atoms with E-state index in [2.05, 4.69) is 21.9 Å². The van der Waals surface area contributed by atoms with Crippen molar-refractivity contribution in [3.63, 3.8) is 0 Å². The average molecular weight is 365 g/mol. The summed E-state index contributed by atoms with van der Waals surface area (Å²) in [5, 5.41) is 5.30. The highest BCUT2D eigenvalue weighted by Crippen LogP contribution is 2.14. The molecule has 3 N–H and O–H groups in total. The van der Waals surface area contributed by atoms with Gasteiger partial charge >= 0.3 is 0 Å². The maximum Gasteiger partial charge on any atom is 0.293 e. The van der Waals surface area contributed by atoms with Gasteiger partial charge in [0.1, 0.15) is 0 Å². The number of anilines is 1. The molecule has 126 valence electrons. The lowest BCUT2D eigenvalue weighted by Crippen LogP contribution is -2.33. The lowest BCUT2D eigenvalue weighted by atomic mass is 10.3. The molecule has 0 spiro atoms. The molecular formula is C15H15N3O4S2. The number of carbonyl (C=O) groups is 1. The van der Waals surface area contributed by atoms with Crippen molar-refractivity contribution < 1.29 is 17.6 Å². The van der Waals surface area contributed by atoms with Gasteiger partial charge in [-0.25, -0.2) is 13.1 Å². The number of hydrogen-bond donors (Lipinski definition) is 3. The van der Waals surface area contributed by atoms with Crippen LogP contribution < -0.4 is 15.4 Å². The molecule has 1 heterocycles. The summed E-state index contributed by atoms with van der Waals surface area (Å²) in [5.41, 5.74) is 0.530. The van der Waals surface area contributed by atoms with Crippen LogP contribution in [-0.4, -0.2) is 26.0 Å². The van der Waals surface area contributed by atoms with E-state index >= 15 is 0 Å². The lowest BCUT2D eigenvalue weighted by molar-refractivity contribution is 0.0950. The lowest BCUT2D eigenvalue weighted by Gasteiger charge is -2.10. The second-order valence-electron chi connectivity index (χ2n) is 4.55. The standard InChI is InChI=1S/C15H15N3O4S2/c1-2-9-16-24(20,21)12-7-5-11(6-8-12)17-15(23)18-14(19)13-4-3-10-22-13/h2-8,10,16H,1,9H2,(H2,17,18,19,23). The zero-order valence-corrected chi connectivity index (χ0v) is 14.1. The first-order valence-corrected chi connectivity index (χ1v) is 8.68. The molecule has 1 amide bonds. The topological polar surface area (TPSA) is 100 Å². The van der Waals surface area contributed by atoms with Crippen LogP contribution in [0.3, 0.4) is 0 Å². The smallest absolute Gasteiger partial charge is 0.293 e. The number of furan rings is 1. The Kier molecular flexibility index (Phi) is 5.85. The normalized spacial score (nSPS) is 10.8. The largest absolute Gasteiger partial charge is 0.459 e. The molecule has 0 aliphatic carbocycles. The Morgan fingerprint density at radius 2 is 1.96 bits per heavy atom. The number of rotatable bonds is 6. The van der Waals surface area contributed by atoms with E-state index in [9.17, 15) is 13.2 Å². The van der Waals surface area contributed by atoms with Crippen LogP contribution in [0.25, 0.3) is 0 Å². The molecule has 0 saturated carbocycles. The van der Waals surface area contributed by atoms with Crippen LogP contribution in [0.5, 0.6) is 0 Å². The number of nitrogens with one attached hydrogen (secondary N) is 3. The molecule has 0 radical (unpaired) electrons. The SMILES string of the molecule is C=CCNS(=O)(=O)c1ccc(NC(=S)NC(=O)c2ccco2)cc1. The Morgan fingerprint density at radius 1 is 1.25 bits per heavy atom. The second kappa shape index (κ2) is 7.86. The number of benzene rings is 1. The summed E-state index contributed by atoms with van der Waals surface area (Å²) in [4.78, 5) is 11.9. The summed E-state index contributed by atoms with van der Waals surface area (Å²) >= 11 is 5.02. The molecule has 0 saturated heterocycles. The van der Waals surface area contributed by atoms with E-state index in [0.717, 1.165) is 0 Å². The van der Waals surface area contributed by atoms with Gasteiger partial charge in [-0.2, -0.15) is 0 Å². The maximum atomic E-state index is 11.9. The summed E-state index contributed by atoms with van der Waals surface area (Å²) in [7, 11) is -3.58. The molecule has 0 aliphatic heterocycles. The summed E-state index contributed by atoms with van der Waals surface area (Å²) in [6.07, 6.45) is 2.83. The van der Waals surface area contributed by atoms with Gasteiger partial charge in [0, 0.05) is 12.2 Å². The minimum Gasteiger partial charge on any atom is -0.459 e. The summed E-state index contributed by atoms with van der Waals surface area (Å²) in [6.45, 7) is 3.60. The van der Waals surface area contributed by atoms with Crippen LogP contribution in [-0.2, 0) is 10.0 Å². The van der Waals surface area contributed by atoms with Gasteiger partial charge in [0.05, 0.1) is 11.2 Å². The van der Waals surface area contributed by atoms with Crippen LogP contribution in [0.1, 0.15) is 10.6 Å². The number of hydrogen-bond acceptors (Lipinski definition) is 5. The second-order valence-corrected chi connectivity index (χ2v) is 6.73. The molecule has 0 unspecified atom stereocenters. The van der Waals surface area contributed by atoms with E-state index < -0.39 is 15.9 Å². The van der Waals surface area contributed by atoms with Crippen LogP contribution in [0.15, 0.2) is 64.6 Å². The van der Waals surface area contributed by atoms with E-state index in [1.807, 2.05) is 0 Å². The van der Waals surface area contributed by atoms with Gasteiger partial charge in [0.25, 0.3) is 5.91 Å². The third kappa shape index (κ3) is 4.75. The molecule has 7 nitrogen and oxygen atoms in total. The molecule has 0 aliphatic rings. The Labute approximate surface area is 144 Å². The average Bonchev–Trinajstić information content (AvgIpc) is 3.08.